The molecule has 0 aliphatic rings. The van der Waals surface area contributed by atoms with Crippen molar-refractivity contribution in [2.24, 2.45) is 0 Å². The predicted molar refractivity (Wildman–Crippen MR) is 85.6 cm³/mol. The smallest absolute Gasteiger partial charge is 0.130 e. The Kier molecular flexibility index (Phi) is 5.61. The maximum atomic E-state index is 5.45. The van der Waals surface area contributed by atoms with Crippen molar-refractivity contribution in [2.45, 2.75) is 19.5 Å². The standard InChI is InChI=1S/C17H22N2O3/c1-12(15-7-5-6-8-18-15)19-11-14-16(21-3)9-13(20-2)10-17(14)22-4/h5-10,12,19H,11H2,1-4H3/t12-/m1/s1. The number of hydrogen-bond donors (Lipinski definition) is 1. The first-order chi connectivity index (χ1) is 10.7. The number of aromatic nitrogens is 1. The van der Waals surface area contributed by atoms with Crippen molar-refractivity contribution in [3.63, 3.8) is 0 Å². The van der Waals surface area contributed by atoms with E-state index >= 15 is 0 Å². The van der Waals surface area contributed by atoms with Crippen LogP contribution in [-0.4, -0.2) is 26.3 Å². The Morgan fingerprint density at radius 1 is 1.05 bits per heavy atom. The van der Waals surface area contributed by atoms with Gasteiger partial charge in [-0.1, -0.05) is 6.07 Å². The lowest BCUT2D eigenvalue weighted by Crippen LogP contribution is -2.19. The van der Waals surface area contributed by atoms with Crippen molar-refractivity contribution in [2.75, 3.05) is 21.3 Å². The number of ether oxygens (including phenoxy) is 3. The van der Waals surface area contributed by atoms with Crippen LogP contribution in [0.4, 0.5) is 0 Å². The summed E-state index contributed by atoms with van der Waals surface area (Å²) in [7, 11) is 4.90. The molecule has 0 spiro atoms. The second kappa shape index (κ2) is 7.66. The fourth-order valence-electron chi connectivity index (χ4n) is 2.24. The second-order valence-corrected chi connectivity index (χ2v) is 4.87. The molecular weight excluding hydrogens is 280 g/mol. The average molecular weight is 302 g/mol. The van der Waals surface area contributed by atoms with Crippen LogP contribution in [0.15, 0.2) is 36.5 Å². The summed E-state index contributed by atoms with van der Waals surface area (Å²) in [6.07, 6.45) is 1.79. The van der Waals surface area contributed by atoms with E-state index in [1.54, 1.807) is 27.5 Å². The fourth-order valence-corrected chi connectivity index (χ4v) is 2.24. The Hall–Kier alpha value is -2.27. The van der Waals surface area contributed by atoms with E-state index in [9.17, 15) is 0 Å². The minimum atomic E-state index is 0.123. The van der Waals surface area contributed by atoms with Gasteiger partial charge in [0.15, 0.2) is 0 Å². The highest BCUT2D eigenvalue weighted by atomic mass is 16.5. The van der Waals surface area contributed by atoms with Gasteiger partial charge in [-0.2, -0.15) is 0 Å². The molecule has 5 heteroatoms. The number of nitrogens with zero attached hydrogens (tertiary/aromatic N) is 1. The summed E-state index contributed by atoms with van der Waals surface area (Å²) >= 11 is 0. The fraction of sp³-hybridized carbons (Fsp3) is 0.353. The monoisotopic (exact) mass is 302 g/mol. The number of benzene rings is 1. The van der Waals surface area contributed by atoms with Crippen LogP contribution in [-0.2, 0) is 6.54 Å². The van der Waals surface area contributed by atoms with E-state index in [-0.39, 0.29) is 6.04 Å². The van der Waals surface area contributed by atoms with Crippen LogP contribution in [0.5, 0.6) is 17.2 Å². The summed E-state index contributed by atoms with van der Waals surface area (Å²) in [6.45, 7) is 2.68. The lowest BCUT2D eigenvalue weighted by atomic mass is 10.1. The summed E-state index contributed by atoms with van der Waals surface area (Å²) in [4.78, 5) is 4.36. The molecule has 5 nitrogen and oxygen atoms in total. The zero-order valence-corrected chi connectivity index (χ0v) is 13.4. The molecule has 0 saturated carbocycles. The molecule has 118 valence electrons. The van der Waals surface area contributed by atoms with Crippen molar-refractivity contribution in [3.8, 4) is 17.2 Å². The average Bonchev–Trinajstić information content (AvgIpc) is 2.59. The van der Waals surface area contributed by atoms with Crippen molar-refractivity contribution in [3.05, 3.63) is 47.8 Å². The van der Waals surface area contributed by atoms with E-state index in [2.05, 4.69) is 17.2 Å². The summed E-state index contributed by atoms with van der Waals surface area (Å²) in [5, 5.41) is 3.44. The normalized spacial score (nSPS) is 11.8. The number of pyridine rings is 1. The highest BCUT2D eigenvalue weighted by molar-refractivity contribution is 5.50. The van der Waals surface area contributed by atoms with Crippen LogP contribution in [0.2, 0.25) is 0 Å². The molecular formula is C17H22N2O3. The molecule has 0 amide bonds. The van der Waals surface area contributed by atoms with Crippen LogP contribution in [0, 0.1) is 0 Å². The van der Waals surface area contributed by atoms with Crippen LogP contribution in [0.3, 0.4) is 0 Å². The molecule has 22 heavy (non-hydrogen) atoms. The molecule has 1 N–H and O–H groups in total. The topological polar surface area (TPSA) is 52.6 Å². The van der Waals surface area contributed by atoms with Gasteiger partial charge in [0.05, 0.1) is 32.6 Å². The summed E-state index contributed by atoms with van der Waals surface area (Å²) in [6, 6.07) is 9.72. The summed E-state index contributed by atoms with van der Waals surface area (Å²) in [5.41, 5.74) is 1.95. The largest absolute Gasteiger partial charge is 0.496 e. The summed E-state index contributed by atoms with van der Waals surface area (Å²) < 4.78 is 16.2. The summed E-state index contributed by atoms with van der Waals surface area (Å²) in [5.74, 6) is 2.17. The first kappa shape index (κ1) is 16.1. The molecule has 0 fully saturated rings. The number of methoxy groups -OCH3 is 3. The van der Waals surface area contributed by atoms with E-state index in [1.807, 2.05) is 30.3 Å². The lowest BCUT2D eigenvalue weighted by molar-refractivity contribution is 0.365. The maximum absolute atomic E-state index is 5.45. The minimum absolute atomic E-state index is 0.123. The van der Waals surface area contributed by atoms with Gasteiger partial charge in [-0.3, -0.25) is 4.98 Å². The molecule has 1 aromatic carbocycles. The van der Waals surface area contributed by atoms with E-state index in [0.29, 0.717) is 12.3 Å². The van der Waals surface area contributed by atoms with E-state index < -0.39 is 0 Å². The Bertz CT molecular complexity index is 577. The van der Waals surface area contributed by atoms with E-state index in [4.69, 9.17) is 14.2 Å². The van der Waals surface area contributed by atoms with Gasteiger partial charge in [0.1, 0.15) is 17.2 Å². The molecule has 1 heterocycles. The van der Waals surface area contributed by atoms with Gasteiger partial charge in [-0.15, -0.1) is 0 Å². The zero-order chi connectivity index (χ0) is 15.9. The quantitative estimate of drug-likeness (QED) is 0.852. The van der Waals surface area contributed by atoms with Gasteiger partial charge in [-0.05, 0) is 19.1 Å². The maximum Gasteiger partial charge on any atom is 0.130 e. The molecule has 1 atom stereocenters. The highest BCUT2D eigenvalue weighted by Crippen LogP contribution is 2.34. The Morgan fingerprint density at radius 2 is 1.73 bits per heavy atom. The van der Waals surface area contributed by atoms with Crippen LogP contribution < -0.4 is 19.5 Å². The van der Waals surface area contributed by atoms with Crippen LogP contribution >= 0.6 is 0 Å². The molecule has 2 aromatic rings. The molecule has 2 rings (SSSR count). The van der Waals surface area contributed by atoms with Crippen molar-refractivity contribution in [1.29, 1.82) is 0 Å². The number of hydrogen-bond acceptors (Lipinski definition) is 5. The van der Waals surface area contributed by atoms with Gasteiger partial charge in [0, 0.05) is 30.9 Å². The third kappa shape index (κ3) is 3.68. The SMILES string of the molecule is COc1cc(OC)c(CN[C@H](C)c2ccccn2)c(OC)c1. The van der Waals surface area contributed by atoms with Gasteiger partial charge in [0.2, 0.25) is 0 Å². The van der Waals surface area contributed by atoms with Gasteiger partial charge in [-0.25, -0.2) is 0 Å². The number of rotatable bonds is 7. The first-order valence-corrected chi connectivity index (χ1v) is 7.12. The van der Waals surface area contributed by atoms with Gasteiger partial charge >= 0.3 is 0 Å². The van der Waals surface area contributed by atoms with Crippen molar-refractivity contribution in [1.82, 2.24) is 10.3 Å². The third-order valence-corrected chi connectivity index (χ3v) is 3.53. The van der Waals surface area contributed by atoms with Gasteiger partial charge in [0.25, 0.3) is 0 Å². The van der Waals surface area contributed by atoms with E-state index in [1.165, 1.54) is 0 Å². The minimum Gasteiger partial charge on any atom is -0.496 e. The first-order valence-electron chi connectivity index (χ1n) is 7.12. The molecule has 0 saturated heterocycles. The predicted octanol–water partition coefficient (Wildman–Crippen LogP) is 2.96. The Balaban J connectivity index is 2.18. The molecule has 0 aliphatic carbocycles. The number of nitrogens with one attached hydrogen (secondary N) is 1. The molecule has 0 bridgehead atoms. The van der Waals surface area contributed by atoms with Crippen molar-refractivity contribution < 1.29 is 14.2 Å². The molecule has 0 unspecified atom stereocenters. The molecule has 0 aliphatic heterocycles. The Labute approximate surface area is 131 Å². The molecule has 1 aromatic heterocycles. The highest BCUT2D eigenvalue weighted by Gasteiger charge is 2.14. The molecule has 0 radical (unpaired) electrons. The third-order valence-electron chi connectivity index (χ3n) is 3.53. The van der Waals surface area contributed by atoms with Gasteiger partial charge < -0.3 is 19.5 Å². The Morgan fingerprint density at radius 3 is 2.23 bits per heavy atom. The van der Waals surface area contributed by atoms with E-state index in [0.717, 1.165) is 22.8 Å². The zero-order valence-electron chi connectivity index (χ0n) is 13.4. The lowest BCUT2D eigenvalue weighted by Gasteiger charge is -2.18. The van der Waals surface area contributed by atoms with Crippen LogP contribution in [0.1, 0.15) is 24.2 Å². The van der Waals surface area contributed by atoms with Crippen molar-refractivity contribution >= 4 is 0 Å². The van der Waals surface area contributed by atoms with Crippen LogP contribution in [0.25, 0.3) is 0 Å². The second-order valence-electron chi connectivity index (χ2n) is 4.87.